The molecule has 1 aliphatic carbocycles. The van der Waals surface area contributed by atoms with Crippen LogP contribution in [0.25, 0.3) is 21.9 Å². The van der Waals surface area contributed by atoms with E-state index in [-0.39, 0.29) is 23.9 Å². The number of imide groups is 1. The zero-order valence-electron chi connectivity index (χ0n) is 32.7. The van der Waals surface area contributed by atoms with Crippen LogP contribution in [0.5, 0.6) is 0 Å². The molecule has 3 aromatic carbocycles. The van der Waals surface area contributed by atoms with Gasteiger partial charge in [-0.05, 0) is 108 Å². The van der Waals surface area contributed by atoms with Gasteiger partial charge in [0.15, 0.2) is 0 Å². The topological polar surface area (TPSA) is 147 Å². The van der Waals surface area contributed by atoms with E-state index in [2.05, 4.69) is 44.4 Å². The Balaban J connectivity index is 0.882. The molecule has 2 saturated heterocycles. The predicted octanol–water partition coefficient (Wildman–Crippen LogP) is 5.48. The molecule has 3 aliphatic rings. The van der Waals surface area contributed by atoms with Crippen molar-refractivity contribution in [2.24, 2.45) is 13.0 Å². The summed E-state index contributed by atoms with van der Waals surface area (Å²) in [6.45, 7) is 6.25. The minimum Gasteiger partial charge on any atom is -0.386 e. The summed E-state index contributed by atoms with van der Waals surface area (Å²) in [4.78, 5) is 55.9. The number of fused-ring (bicyclic) bond motifs is 2. The largest absolute Gasteiger partial charge is 0.386 e. The number of aromatic nitrogens is 4. The first-order valence-corrected chi connectivity index (χ1v) is 20.0. The molecule has 0 radical (unpaired) electrons. The zero-order chi connectivity index (χ0) is 39.3. The number of carbonyl (C=O) groups is 3. The molecule has 1 unspecified atom stereocenters. The Morgan fingerprint density at radius 3 is 2.39 bits per heavy atom. The molecule has 294 valence electrons. The monoisotopic (exact) mass is 760 g/mol. The van der Waals surface area contributed by atoms with Crippen LogP contribution in [0.2, 0.25) is 0 Å². The third kappa shape index (κ3) is 7.25. The molecule has 4 heterocycles. The van der Waals surface area contributed by atoms with Gasteiger partial charge in [-0.2, -0.15) is 5.10 Å². The number of benzene rings is 3. The molecule has 2 aliphatic heterocycles. The van der Waals surface area contributed by atoms with Gasteiger partial charge in [0.2, 0.25) is 11.8 Å². The van der Waals surface area contributed by atoms with Crippen LogP contribution in [0, 0.1) is 5.92 Å². The van der Waals surface area contributed by atoms with Crippen LogP contribution in [-0.4, -0.2) is 79.4 Å². The van der Waals surface area contributed by atoms with Gasteiger partial charge in [0.1, 0.15) is 6.04 Å². The lowest BCUT2D eigenvalue weighted by atomic mass is 9.85. The molecule has 0 bridgehead atoms. The van der Waals surface area contributed by atoms with E-state index in [1.54, 1.807) is 42.2 Å². The molecule has 13 heteroatoms. The Hall–Kier alpha value is -5.27. The maximum Gasteiger partial charge on any atom is 0.329 e. The van der Waals surface area contributed by atoms with Gasteiger partial charge in [-0.1, -0.05) is 24.3 Å². The highest BCUT2D eigenvalue weighted by Crippen LogP contribution is 2.37. The van der Waals surface area contributed by atoms with Gasteiger partial charge in [-0.15, -0.1) is 0 Å². The third-order valence-corrected chi connectivity index (χ3v) is 12.4. The van der Waals surface area contributed by atoms with Crippen LogP contribution in [0.1, 0.15) is 93.2 Å². The number of aliphatic hydroxyl groups is 1. The molecule has 13 nitrogen and oxygen atoms in total. The molecule has 3 N–H and O–H groups in total. The van der Waals surface area contributed by atoms with Crippen molar-refractivity contribution >= 4 is 51.0 Å². The molecule has 3 fully saturated rings. The number of rotatable bonds is 9. The fraction of sp³-hybridized carbons (Fsp3) is 0.465. The van der Waals surface area contributed by atoms with Gasteiger partial charge in [-0.25, -0.2) is 4.79 Å². The van der Waals surface area contributed by atoms with Crippen molar-refractivity contribution in [3.8, 4) is 0 Å². The van der Waals surface area contributed by atoms with E-state index in [0.29, 0.717) is 41.2 Å². The Morgan fingerprint density at radius 1 is 0.964 bits per heavy atom. The van der Waals surface area contributed by atoms with Crippen LogP contribution >= 0.6 is 0 Å². The molecular weight excluding hydrogens is 709 g/mol. The van der Waals surface area contributed by atoms with Crippen molar-refractivity contribution in [2.75, 3.05) is 36.9 Å². The summed E-state index contributed by atoms with van der Waals surface area (Å²) in [5.74, 6) is -0.330. The second-order valence-electron chi connectivity index (χ2n) is 16.6. The Labute approximate surface area is 326 Å². The van der Waals surface area contributed by atoms with Crippen LogP contribution in [0.4, 0.5) is 11.4 Å². The average Bonchev–Trinajstić information content (AvgIpc) is 3.72. The molecule has 2 aromatic heterocycles. The number of amides is 3. The van der Waals surface area contributed by atoms with Crippen molar-refractivity contribution in [3.63, 3.8) is 0 Å². The van der Waals surface area contributed by atoms with Gasteiger partial charge in [0, 0.05) is 67.5 Å². The van der Waals surface area contributed by atoms with Crippen molar-refractivity contribution in [3.05, 3.63) is 88.5 Å². The highest BCUT2D eigenvalue weighted by atomic mass is 16.3. The van der Waals surface area contributed by atoms with Gasteiger partial charge < -0.3 is 20.2 Å². The van der Waals surface area contributed by atoms with Crippen LogP contribution in [0.15, 0.2) is 71.7 Å². The van der Waals surface area contributed by atoms with Gasteiger partial charge in [0.25, 0.3) is 5.91 Å². The number of piperidine rings is 2. The van der Waals surface area contributed by atoms with E-state index in [0.717, 1.165) is 85.8 Å². The van der Waals surface area contributed by atoms with Crippen molar-refractivity contribution in [1.29, 1.82) is 0 Å². The van der Waals surface area contributed by atoms with Crippen LogP contribution < -0.4 is 21.2 Å². The summed E-state index contributed by atoms with van der Waals surface area (Å²) in [5.41, 5.74) is 3.71. The molecule has 8 rings (SSSR count). The molecule has 1 atom stereocenters. The van der Waals surface area contributed by atoms with Gasteiger partial charge >= 0.3 is 5.69 Å². The highest BCUT2D eigenvalue weighted by Gasteiger charge is 2.33. The summed E-state index contributed by atoms with van der Waals surface area (Å²) in [5, 5.41) is 22.3. The number of para-hydroxylation sites is 1. The molecule has 0 spiro atoms. The molecule has 5 aromatic rings. The number of aryl methyl sites for hydroxylation is 1. The average molecular weight is 761 g/mol. The van der Waals surface area contributed by atoms with Crippen molar-refractivity contribution < 1.29 is 19.5 Å². The number of nitrogens with one attached hydrogen (secondary N) is 2. The third-order valence-electron chi connectivity index (χ3n) is 12.4. The van der Waals surface area contributed by atoms with Gasteiger partial charge in [-0.3, -0.25) is 33.5 Å². The van der Waals surface area contributed by atoms with Gasteiger partial charge in [0.05, 0.1) is 33.9 Å². The second kappa shape index (κ2) is 15.0. The Kier molecular flexibility index (Phi) is 10.1. The fourth-order valence-corrected chi connectivity index (χ4v) is 9.27. The van der Waals surface area contributed by atoms with E-state index in [1.165, 1.54) is 0 Å². The van der Waals surface area contributed by atoms with E-state index in [9.17, 15) is 24.3 Å². The number of nitrogens with zero attached hydrogens (tertiary/aromatic N) is 6. The van der Waals surface area contributed by atoms with E-state index >= 15 is 0 Å². The summed E-state index contributed by atoms with van der Waals surface area (Å²) < 4.78 is 5.29. The lowest BCUT2D eigenvalue weighted by molar-refractivity contribution is -0.135. The summed E-state index contributed by atoms with van der Waals surface area (Å²) in [6, 6.07) is 18.9. The molecule has 56 heavy (non-hydrogen) atoms. The number of hydrogen-bond donors (Lipinski definition) is 3. The van der Waals surface area contributed by atoms with Crippen molar-refractivity contribution in [2.45, 2.75) is 88.9 Å². The smallest absolute Gasteiger partial charge is 0.329 e. The standard InChI is InChI=1S/C43H52N8O5/c1-43(2,56)32-24-33-29(23-34(32)44-40(53)28-9-6-5-7-10-28)26-50(46-33)31-15-13-27(14-16-31)25-47(3)30-19-21-49(22-20-30)35-11-8-12-36-39(35)48(4)42(55)51(36)37-17-18-38(52)45-41(37)54/h5-12,23-24,26-27,30-31,37,56H,13-22,25H2,1-4H3,(H,44,53)(H,45,52,54). The van der Waals surface area contributed by atoms with E-state index in [4.69, 9.17) is 5.10 Å². The normalized spacial score (nSPS) is 21.2. The molecule has 3 amide bonds. The second-order valence-corrected chi connectivity index (χ2v) is 16.6. The first kappa shape index (κ1) is 37.6. The molecule has 1 saturated carbocycles. The van der Waals surface area contributed by atoms with Crippen LogP contribution in [0.3, 0.4) is 0 Å². The van der Waals surface area contributed by atoms with E-state index < -0.39 is 17.6 Å². The number of hydrogen-bond acceptors (Lipinski definition) is 8. The number of carbonyl (C=O) groups excluding carboxylic acids is 3. The predicted molar refractivity (Wildman–Crippen MR) is 217 cm³/mol. The van der Waals surface area contributed by atoms with Crippen molar-refractivity contribution in [1.82, 2.24) is 29.1 Å². The summed E-state index contributed by atoms with van der Waals surface area (Å²) in [6.07, 6.45) is 8.98. The summed E-state index contributed by atoms with van der Waals surface area (Å²) >= 11 is 0. The maximum absolute atomic E-state index is 13.5. The first-order valence-electron chi connectivity index (χ1n) is 20.0. The maximum atomic E-state index is 13.5. The quantitative estimate of drug-likeness (QED) is 0.168. The molecular formula is C43H52N8O5. The number of anilines is 2. The SMILES string of the molecule is CN(CC1CCC(n2cc3cc(NC(=O)c4ccccc4)c(C(C)(C)O)cc3n2)CC1)C1CCN(c2cccc3c2n(C)c(=O)n3C2CCC(=O)NC2=O)CC1. The lowest BCUT2D eigenvalue weighted by Gasteiger charge is -2.40. The number of imidazole rings is 1. The zero-order valence-corrected chi connectivity index (χ0v) is 32.7. The first-order chi connectivity index (χ1) is 26.9. The van der Waals surface area contributed by atoms with Crippen LogP contribution in [-0.2, 0) is 22.2 Å². The fourth-order valence-electron chi connectivity index (χ4n) is 9.27. The highest BCUT2D eigenvalue weighted by molar-refractivity contribution is 6.06. The minimum atomic E-state index is -1.17. The Bertz CT molecular complexity index is 2340. The lowest BCUT2D eigenvalue weighted by Crippen LogP contribution is -2.45. The Morgan fingerprint density at radius 2 is 1.70 bits per heavy atom. The minimum absolute atomic E-state index is 0.217. The van der Waals surface area contributed by atoms with E-state index in [1.807, 2.05) is 42.5 Å². The summed E-state index contributed by atoms with van der Waals surface area (Å²) in [7, 11) is 4.02.